The fraction of sp³-hybridized carbons (Fsp3) is 0.333. The summed E-state index contributed by atoms with van der Waals surface area (Å²) >= 11 is 0.955. The number of hydrogen-bond acceptors (Lipinski definition) is 5. The maximum Gasteiger partial charge on any atom is 0.416 e. The molecule has 1 aromatic heterocycles. The number of imide groups is 1. The van der Waals surface area contributed by atoms with E-state index < -0.39 is 48.2 Å². The molecular formula is C24H20F3N3O5S. The van der Waals surface area contributed by atoms with Crippen molar-refractivity contribution in [3.05, 3.63) is 62.8 Å². The Labute approximate surface area is 206 Å². The number of halogens is 3. The number of anilines is 1. The molecule has 1 aliphatic carbocycles. The van der Waals surface area contributed by atoms with Gasteiger partial charge in [0.25, 0.3) is 0 Å². The quantitative estimate of drug-likeness (QED) is 0.524. The average molecular weight is 520 g/mol. The maximum atomic E-state index is 13.7. The van der Waals surface area contributed by atoms with Crippen molar-refractivity contribution in [2.45, 2.75) is 31.5 Å². The molecule has 2 aromatic carbocycles. The molecule has 0 radical (unpaired) electrons. The first-order valence-electron chi connectivity index (χ1n) is 11.1. The minimum atomic E-state index is -4.61. The molecule has 36 heavy (non-hydrogen) atoms. The largest absolute Gasteiger partial charge is 0.481 e. The fourth-order valence-corrected chi connectivity index (χ4v) is 5.98. The van der Waals surface area contributed by atoms with Crippen molar-refractivity contribution in [2.75, 3.05) is 11.4 Å². The fourth-order valence-electron chi connectivity index (χ4n) is 5.07. The number of alkyl halides is 3. The van der Waals surface area contributed by atoms with Crippen LogP contribution >= 0.6 is 11.3 Å². The van der Waals surface area contributed by atoms with Crippen LogP contribution in [0.25, 0.3) is 10.2 Å². The third-order valence-corrected chi connectivity index (χ3v) is 7.81. The van der Waals surface area contributed by atoms with E-state index in [2.05, 4.69) is 0 Å². The van der Waals surface area contributed by atoms with Crippen molar-refractivity contribution >= 4 is 45.1 Å². The van der Waals surface area contributed by atoms with Gasteiger partial charge in [0.05, 0.1) is 21.8 Å². The van der Waals surface area contributed by atoms with Gasteiger partial charge in [0.2, 0.25) is 5.91 Å². The number of carbonyl (C=O) groups excluding carboxylic acids is 2. The lowest BCUT2D eigenvalue weighted by Crippen LogP contribution is -2.60. The van der Waals surface area contributed by atoms with Gasteiger partial charge in [-0.2, -0.15) is 13.2 Å². The van der Waals surface area contributed by atoms with E-state index in [4.69, 9.17) is 0 Å². The summed E-state index contributed by atoms with van der Waals surface area (Å²) in [4.78, 5) is 52.7. The number of hydrogen-bond donors (Lipinski definition) is 1. The molecule has 12 heteroatoms. The molecule has 1 unspecified atom stereocenters. The summed E-state index contributed by atoms with van der Waals surface area (Å²) in [5, 5.41) is 9.76. The first kappa shape index (κ1) is 24.0. The summed E-state index contributed by atoms with van der Waals surface area (Å²) in [7, 11) is 1.60. The average Bonchev–Trinajstić information content (AvgIpc) is 3.10. The summed E-state index contributed by atoms with van der Waals surface area (Å²) in [5.74, 6) is -3.98. The topological polar surface area (TPSA) is 99.9 Å². The zero-order valence-electron chi connectivity index (χ0n) is 18.9. The van der Waals surface area contributed by atoms with E-state index in [9.17, 15) is 37.5 Å². The van der Waals surface area contributed by atoms with Crippen LogP contribution in [0.1, 0.15) is 35.6 Å². The number of amides is 3. The first-order chi connectivity index (χ1) is 17.0. The second-order valence-corrected chi connectivity index (χ2v) is 9.84. The highest BCUT2D eigenvalue weighted by molar-refractivity contribution is 7.16. The van der Waals surface area contributed by atoms with Crippen LogP contribution in [0.15, 0.2) is 41.2 Å². The third-order valence-electron chi connectivity index (χ3n) is 6.82. The molecular weight excluding hydrogens is 499 g/mol. The normalized spacial score (nSPS) is 20.7. The Morgan fingerprint density at radius 1 is 1.14 bits per heavy atom. The van der Waals surface area contributed by atoms with Crippen LogP contribution in [-0.4, -0.2) is 39.0 Å². The minimum Gasteiger partial charge on any atom is -0.481 e. The zero-order chi connectivity index (χ0) is 25.9. The third kappa shape index (κ3) is 3.76. The lowest BCUT2D eigenvalue weighted by molar-refractivity contribution is -0.151. The Hall–Kier alpha value is -3.67. The molecule has 188 valence electrons. The summed E-state index contributed by atoms with van der Waals surface area (Å²) in [6, 6.07) is 6.56. The molecule has 0 saturated carbocycles. The molecule has 2 heterocycles. The van der Waals surface area contributed by atoms with Gasteiger partial charge >= 0.3 is 23.0 Å². The lowest BCUT2D eigenvalue weighted by Gasteiger charge is -2.42. The number of aliphatic carboxylic acids is 1. The molecule has 0 bridgehead atoms. The highest BCUT2D eigenvalue weighted by atomic mass is 32.1. The Bertz CT molecular complexity index is 1480. The van der Waals surface area contributed by atoms with Crippen molar-refractivity contribution in [1.82, 2.24) is 9.47 Å². The lowest BCUT2D eigenvalue weighted by atomic mass is 9.83. The molecule has 1 fully saturated rings. The monoisotopic (exact) mass is 519 g/mol. The zero-order valence-corrected chi connectivity index (χ0v) is 19.7. The number of aromatic nitrogens is 1. The van der Waals surface area contributed by atoms with E-state index in [1.165, 1.54) is 16.7 Å². The van der Waals surface area contributed by atoms with Crippen LogP contribution in [-0.2, 0) is 29.2 Å². The van der Waals surface area contributed by atoms with Gasteiger partial charge in [-0.25, -0.2) is 4.79 Å². The molecule has 2 atom stereocenters. The Balaban J connectivity index is 1.61. The summed E-state index contributed by atoms with van der Waals surface area (Å²) in [6.45, 7) is -0.432. The van der Waals surface area contributed by atoms with Crippen LogP contribution in [0.4, 0.5) is 23.7 Å². The van der Waals surface area contributed by atoms with Crippen LogP contribution in [0, 0.1) is 5.92 Å². The van der Waals surface area contributed by atoms with Crippen LogP contribution in [0.3, 0.4) is 0 Å². The number of fused-ring (bicyclic) bond motifs is 2. The molecule has 3 aromatic rings. The number of urea groups is 1. The van der Waals surface area contributed by atoms with E-state index >= 15 is 0 Å². The molecule has 3 amide bonds. The standard InChI is InChI=1S/C24H20F3N3O5S/c1-28-18-9-8-12(10-19(18)36-23(28)35)29-11-15(21(32)33)20(31)30(22(29)34)17-7-3-4-13-14(17)5-2-6-16(13)24(25,26)27/h2,5-6,8-10,15,17H,3-4,7,11H2,1H3,(H,32,33)/t15?,17-/m0/s1. The summed E-state index contributed by atoms with van der Waals surface area (Å²) in [5.41, 5.74) is 0.305. The predicted molar refractivity (Wildman–Crippen MR) is 125 cm³/mol. The number of benzene rings is 2. The highest BCUT2D eigenvalue weighted by Gasteiger charge is 2.48. The Morgan fingerprint density at radius 2 is 1.89 bits per heavy atom. The van der Waals surface area contributed by atoms with Gasteiger partial charge in [0.15, 0.2) is 5.92 Å². The van der Waals surface area contributed by atoms with Crippen molar-refractivity contribution in [3.63, 3.8) is 0 Å². The van der Waals surface area contributed by atoms with E-state index in [1.54, 1.807) is 25.2 Å². The van der Waals surface area contributed by atoms with E-state index in [0.717, 1.165) is 27.2 Å². The van der Waals surface area contributed by atoms with Gasteiger partial charge in [-0.05, 0) is 54.7 Å². The number of rotatable bonds is 3. The maximum absolute atomic E-state index is 13.7. The highest BCUT2D eigenvalue weighted by Crippen LogP contribution is 2.43. The molecule has 2 aliphatic rings. The molecule has 0 spiro atoms. The second-order valence-electron chi connectivity index (χ2n) is 8.85. The smallest absolute Gasteiger partial charge is 0.416 e. The summed E-state index contributed by atoms with van der Waals surface area (Å²) < 4.78 is 43.0. The SMILES string of the molecule is Cn1c(=O)sc2cc(N3CC(C(=O)O)C(=O)N([C@H]4CCCc5c4cccc5C(F)(F)F)C3=O)ccc21. The molecule has 1 saturated heterocycles. The predicted octanol–water partition coefficient (Wildman–Crippen LogP) is 4.17. The number of carbonyl (C=O) groups is 3. The van der Waals surface area contributed by atoms with Crippen molar-refractivity contribution in [3.8, 4) is 0 Å². The number of carboxylic acid groups (broad SMARTS) is 1. The second kappa shape index (κ2) is 8.47. The number of nitrogens with zero attached hydrogens (tertiary/aromatic N) is 3. The molecule has 1 N–H and O–H groups in total. The number of aryl methyl sites for hydroxylation is 1. The van der Waals surface area contributed by atoms with Gasteiger partial charge in [0, 0.05) is 19.3 Å². The van der Waals surface area contributed by atoms with E-state index in [-0.39, 0.29) is 34.5 Å². The number of thiazole rings is 1. The minimum absolute atomic E-state index is 0.0151. The first-order valence-corrected chi connectivity index (χ1v) is 12.0. The van der Waals surface area contributed by atoms with Crippen molar-refractivity contribution in [2.24, 2.45) is 13.0 Å². The van der Waals surface area contributed by atoms with Crippen molar-refractivity contribution in [1.29, 1.82) is 0 Å². The van der Waals surface area contributed by atoms with Gasteiger partial charge < -0.3 is 9.67 Å². The van der Waals surface area contributed by atoms with Crippen molar-refractivity contribution < 1.29 is 32.7 Å². The Kier molecular flexibility index (Phi) is 5.66. The van der Waals surface area contributed by atoms with E-state index in [1.807, 2.05) is 0 Å². The van der Waals surface area contributed by atoms with Gasteiger partial charge in [-0.3, -0.25) is 24.2 Å². The molecule has 5 rings (SSSR count). The van der Waals surface area contributed by atoms with Crippen LogP contribution in [0.2, 0.25) is 0 Å². The van der Waals surface area contributed by atoms with Crippen LogP contribution < -0.4 is 9.77 Å². The van der Waals surface area contributed by atoms with Gasteiger partial charge in [-0.15, -0.1) is 0 Å². The number of carboxylic acids is 1. The van der Waals surface area contributed by atoms with Crippen LogP contribution in [0.5, 0.6) is 0 Å². The summed E-state index contributed by atoms with van der Waals surface area (Å²) in [6.07, 6.45) is -3.96. The van der Waals surface area contributed by atoms with Gasteiger partial charge in [-0.1, -0.05) is 23.5 Å². The Morgan fingerprint density at radius 3 is 2.58 bits per heavy atom. The molecule has 8 nitrogen and oxygen atoms in total. The molecule has 1 aliphatic heterocycles. The van der Waals surface area contributed by atoms with E-state index in [0.29, 0.717) is 16.6 Å². The van der Waals surface area contributed by atoms with Gasteiger partial charge in [0.1, 0.15) is 0 Å².